The van der Waals surface area contributed by atoms with Gasteiger partial charge in [0.15, 0.2) is 0 Å². The fourth-order valence-electron chi connectivity index (χ4n) is 1.75. The van der Waals surface area contributed by atoms with Crippen LogP contribution in [0.1, 0.15) is 56.6 Å². The average Bonchev–Trinajstić information content (AvgIpc) is 2.21. The summed E-state index contributed by atoms with van der Waals surface area (Å²) in [5, 5.41) is 0. The first-order chi connectivity index (χ1) is 7.19. The Morgan fingerprint density at radius 3 is 2.40 bits per heavy atom. The summed E-state index contributed by atoms with van der Waals surface area (Å²) >= 11 is 0. The Morgan fingerprint density at radius 1 is 1.20 bits per heavy atom. The van der Waals surface area contributed by atoms with Crippen molar-refractivity contribution in [1.29, 1.82) is 0 Å². The zero-order valence-corrected chi connectivity index (χ0v) is 10.1. The van der Waals surface area contributed by atoms with Gasteiger partial charge in [0.2, 0.25) is 0 Å². The highest BCUT2D eigenvalue weighted by molar-refractivity contribution is 5.24. The van der Waals surface area contributed by atoms with Crippen LogP contribution >= 0.6 is 0 Å². The van der Waals surface area contributed by atoms with Gasteiger partial charge in [0.1, 0.15) is 0 Å². The molecule has 2 nitrogen and oxygen atoms in total. The third kappa shape index (κ3) is 3.31. The molecule has 15 heavy (non-hydrogen) atoms. The van der Waals surface area contributed by atoms with Crippen molar-refractivity contribution in [2.75, 3.05) is 0 Å². The van der Waals surface area contributed by atoms with E-state index in [-0.39, 0.29) is 6.04 Å². The molecule has 0 aliphatic carbocycles. The summed E-state index contributed by atoms with van der Waals surface area (Å²) in [6.45, 7) is 6.38. The SMILES string of the molecule is CCCc1ccc(C(C)N)nc1CCC. The van der Waals surface area contributed by atoms with Crippen molar-refractivity contribution in [3.8, 4) is 0 Å². The summed E-state index contributed by atoms with van der Waals surface area (Å²) in [4.78, 5) is 4.66. The van der Waals surface area contributed by atoms with Gasteiger partial charge in [-0.05, 0) is 31.4 Å². The molecule has 0 radical (unpaired) electrons. The molecule has 2 N–H and O–H groups in total. The minimum atomic E-state index is 0.0382. The Kier molecular flexibility index (Phi) is 4.76. The van der Waals surface area contributed by atoms with Gasteiger partial charge in [-0.25, -0.2) is 0 Å². The van der Waals surface area contributed by atoms with E-state index >= 15 is 0 Å². The van der Waals surface area contributed by atoms with E-state index in [0.29, 0.717) is 0 Å². The van der Waals surface area contributed by atoms with Gasteiger partial charge in [-0.2, -0.15) is 0 Å². The van der Waals surface area contributed by atoms with Crippen LogP contribution in [0.25, 0.3) is 0 Å². The van der Waals surface area contributed by atoms with Gasteiger partial charge >= 0.3 is 0 Å². The average molecular weight is 206 g/mol. The zero-order valence-electron chi connectivity index (χ0n) is 10.1. The van der Waals surface area contributed by atoms with Crippen LogP contribution in [-0.2, 0) is 12.8 Å². The van der Waals surface area contributed by atoms with E-state index in [9.17, 15) is 0 Å². The van der Waals surface area contributed by atoms with Gasteiger partial charge in [-0.1, -0.05) is 32.8 Å². The molecule has 0 spiro atoms. The molecule has 0 aliphatic rings. The molecular weight excluding hydrogens is 184 g/mol. The topological polar surface area (TPSA) is 38.9 Å². The molecule has 1 aromatic rings. The summed E-state index contributed by atoms with van der Waals surface area (Å²) in [6, 6.07) is 4.30. The molecule has 0 bridgehead atoms. The maximum atomic E-state index is 5.84. The minimum absolute atomic E-state index is 0.0382. The van der Waals surface area contributed by atoms with Crippen molar-refractivity contribution in [2.45, 2.75) is 52.5 Å². The molecule has 2 heteroatoms. The van der Waals surface area contributed by atoms with Gasteiger partial charge in [-0.15, -0.1) is 0 Å². The lowest BCUT2D eigenvalue weighted by molar-refractivity contribution is 0.747. The van der Waals surface area contributed by atoms with Crippen molar-refractivity contribution in [3.63, 3.8) is 0 Å². The Hall–Kier alpha value is -0.890. The molecule has 0 saturated heterocycles. The second-order valence-corrected chi connectivity index (χ2v) is 4.13. The number of rotatable bonds is 5. The number of nitrogens with zero attached hydrogens (tertiary/aromatic N) is 1. The van der Waals surface area contributed by atoms with Crippen molar-refractivity contribution >= 4 is 0 Å². The molecule has 1 aromatic heterocycles. The second kappa shape index (κ2) is 5.86. The van der Waals surface area contributed by atoms with E-state index in [2.05, 4.69) is 31.0 Å². The molecular formula is C13H22N2. The minimum Gasteiger partial charge on any atom is -0.323 e. The monoisotopic (exact) mass is 206 g/mol. The van der Waals surface area contributed by atoms with Gasteiger partial charge in [0.05, 0.1) is 5.69 Å². The summed E-state index contributed by atoms with van der Waals surface area (Å²) in [5.74, 6) is 0. The first-order valence-electron chi connectivity index (χ1n) is 5.93. The highest BCUT2D eigenvalue weighted by Crippen LogP contribution is 2.15. The number of aromatic nitrogens is 1. The Morgan fingerprint density at radius 2 is 1.87 bits per heavy atom. The predicted molar refractivity (Wildman–Crippen MR) is 64.8 cm³/mol. The molecule has 0 amide bonds. The van der Waals surface area contributed by atoms with Crippen LogP contribution < -0.4 is 5.73 Å². The van der Waals surface area contributed by atoms with Crippen molar-refractivity contribution in [1.82, 2.24) is 4.98 Å². The molecule has 0 saturated carbocycles. The van der Waals surface area contributed by atoms with Crippen LogP contribution in [0.15, 0.2) is 12.1 Å². The number of hydrogen-bond acceptors (Lipinski definition) is 2. The lowest BCUT2D eigenvalue weighted by atomic mass is 10.0. The quantitative estimate of drug-likeness (QED) is 0.804. The van der Waals surface area contributed by atoms with Crippen LogP contribution in [-0.4, -0.2) is 4.98 Å². The second-order valence-electron chi connectivity index (χ2n) is 4.13. The van der Waals surface area contributed by atoms with Crippen LogP contribution in [0, 0.1) is 0 Å². The third-order valence-electron chi connectivity index (χ3n) is 2.56. The standard InChI is InChI=1S/C13H22N2/c1-4-6-11-8-9-12(10(3)14)15-13(11)7-5-2/h8-10H,4-7,14H2,1-3H3. The number of nitrogens with two attached hydrogens (primary N) is 1. The molecule has 0 aromatic carbocycles. The molecule has 1 heterocycles. The van der Waals surface area contributed by atoms with E-state index in [4.69, 9.17) is 5.73 Å². The van der Waals surface area contributed by atoms with E-state index in [0.717, 1.165) is 25.0 Å². The smallest absolute Gasteiger partial charge is 0.0571 e. The predicted octanol–water partition coefficient (Wildman–Crippen LogP) is 3.01. The van der Waals surface area contributed by atoms with Crippen molar-refractivity contribution in [3.05, 3.63) is 29.1 Å². The van der Waals surface area contributed by atoms with Gasteiger partial charge in [0.25, 0.3) is 0 Å². The van der Waals surface area contributed by atoms with Gasteiger partial charge in [0, 0.05) is 11.7 Å². The molecule has 0 fully saturated rings. The summed E-state index contributed by atoms with van der Waals surface area (Å²) in [6.07, 6.45) is 4.51. The van der Waals surface area contributed by atoms with Crippen LogP contribution in [0.2, 0.25) is 0 Å². The third-order valence-corrected chi connectivity index (χ3v) is 2.56. The molecule has 1 unspecified atom stereocenters. The number of pyridine rings is 1. The molecule has 1 rings (SSSR count). The zero-order chi connectivity index (χ0) is 11.3. The highest BCUT2D eigenvalue weighted by atomic mass is 14.8. The molecule has 84 valence electrons. The van der Waals surface area contributed by atoms with Crippen LogP contribution in [0.4, 0.5) is 0 Å². The number of hydrogen-bond donors (Lipinski definition) is 1. The van der Waals surface area contributed by atoms with Gasteiger partial charge in [-0.3, -0.25) is 4.98 Å². The number of aryl methyl sites for hydroxylation is 2. The Labute approximate surface area is 92.9 Å². The summed E-state index contributed by atoms with van der Waals surface area (Å²) in [5.41, 5.74) is 9.49. The Balaban J connectivity index is 2.97. The Bertz CT molecular complexity index is 305. The summed E-state index contributed by atoms with van der Waals surface area (Å²) < 4.78 is 0. The van der Waals surface area contributed by atoms with Crippen LogP contribution in [0.5, 0.6) is 0 Å². The van der Waals surface area contributed by atoms with E-state index < -0.39 is 0 Å². The normalized spacial score (nSPS) is 12.8. The molecule has 1 atom stereocenters. The lowest BCUT2D eigenvalue weighted by Crippen LogP contribution is -2.10. The van der Waals surface area contributed by atoms with E-state index in [1.54, 1.807) is 0 Å². The first kappa shape index (κ1) is 12.2. The van der Waals surface area contributed by atoms with E-state index in [1.165, 1.54) is 17.7 Å². The van der Waals surface area contributed by atoms with Crippen molar-refractivity contribution in [2.24, 2.45) is 5.73 Å². The fraction of sp³-hybridized carbons (Fsp3) is 0.615. The van der Waals surface area contributed by atoms with Crippen LogP contribution in [0.3, 0.4) is 0 Å². The maximum absolute atomic E-state index is 5.84. The summed E-state index contributed by atoms with van der Waals surface area (Å²) in [7, 11) is 0. The first-order valence-corrected chi connectivity index (χ1v) is 5.93. The van der Waals surface area contributed by atoms with E-state index in [1.807, 2.05) is 6.92 Å². The maximum Gasteiger partial charge on any atom is 0.0571 e. The molecule has 0 aliphatic heterocycles. The van der Waals surface area contributed by atoms with Crippen molar-refractivity contribution < 1.29 is 0 Å². The lowest BCUT2D eigenvalue weighted by Gasteiger charge is -2.11. The fourth-order valence-corrected chi connectivity index (χ4v) is 1.75. The largest absolute Gasteiger partial charge is 0.323 e. The highest BCUT2D eigenvalue weighted by Gasteiger charge is 2.07. The van der Waals surface area contributed by atoms with Gasteiger partial charge < -0.3 is 5.73 Å².